The van der Waals surface area contributed by atoms with Crippen molar-refractivity contribution in [3.63, 3.8) is 0 Å². The molecule has 0 fully saturated rings. The fourth-order valence-electron chi connectivity index (χ4n) is 10.4. The van der Waals surface area contributed by atoms with Crippen molar-refractivity contribution in [1.29, 1.82) is 0 Å². The summed E-state index contributed by atoms with van der Waals surface area (Å²) in [7, 11) is 0. The summed E-state index contributed by atoms with van der Waals surface area (Å²) in [6, 6.07) is 62.2. The molecule has 0 bridgehead atoms. The lowest BCUT2D eigenvalue weighted by atomic mass is 9.73. The highest BCUT2D eigenvalue weighted by atomic mass is 15.4. The SMILES string of the molecule is CC1(C)c2ccccc2N(c2cc3c(cc2N2c4ccccc4C(C)(C)c4ccccc42)N2C(c4ccccc4)=CNC2=C2NC=C(c4ccccc4)N23)c2ccccc21. The van der Waals surface area contributed by atoms with E-state index in [1.807, 2.05) is 0 Å². The first-order chi connectivity index (χ1) is 29.3. The van der Waals surface area contributed by atoms with Gasteiger partial charge in [0.2, 0.25) is 0 Å². The zero-order valence-electron chi connectivity index (χ0n) is 34.1. The molecule has 0 aliphatic carbocycles. The molecule has 0 aromatic heterocycles. The van der Waals surface area contributed by atoms with Gasteiger partial charge in [0.1, 0.15) is 0 Å². The Morgan fingerprint density at radius 3 is 0.933 bits per heavy atom. The molecule has 290 valence electrons. The molecule has 0 saturated carbocycles. The summed E-state index contributed by atoms with van der Waals surface area (Å²) in [5.41, 5.74) is 18.3. The van der Waals surface area contributed by atoms with Crippen LogP contribution in [0.4, 0.5) is 45.5 Å². The molecule has 7 aromatic carbocycles. The second-order valence-corrected chi connectivity index (χ2v) is 17.3. The average Bonchev–Trinajstić information content (AvgIpc) is 3.94. The zero-order valence-corrected chi connectivity index (χ0v) is 34.1. The smallest absolute Gasteiger partial charge is 0.157 e. The molecule has 0 spiro atoms. The third-order valence-corrected chi connectivity index (χ3v) is 13.3. The maximum Gasteiger partial charge on any atom is 0.157 e. The Bertz CT molecular complexity index is 2710. The molecule has 0 radical (unpaired) electrons. The normalized spacial score (nSPS) is 17.2. The fourth-order valence-corrected chi connectivity index (χ4v) is 10.4. The quantitative estimate of drug-likeness (QED) is 0.185. The summed E-state index contributed by atoms with van der Waals surface area (Å²) in [6.45, 7) is 9.44. The Hall–Kier alpha value is -7.44. The van der Waals surface area contributed by atoms with Crippen LogP contribution in [0.5, 0.6) is 0 Å². The number of hydrogen-bond donors (Lipinski definition) is 2. The molecular weight excluding hydrogens is 733 g/mol. The standard InChI is InChI=1S/C54H44N6/c1-53(2)37-23-11-15-27-41(37)57(42-28-16-12-24-38(42)53)45-31-47-48(32-46(45)58-43-29-17-13-25-39(43)54(3,4)40-26-14-18-30-44(40)58)60-50(36-21-9-6-10-22-36)34-56-52(60)51-55-33-49(59(47)51)35-19-7-5-8-20-35/h5-34,55-56H,1-4H3. The predicted octanol–water partition coefficient (Wildman–Crippen LogP) is 12.9. The first-order valence-electron chi connectivity index (χ1n) is 20.9. The molecule has 12 rings (SSSR count). The van der Waals surface area contributed by atoms with Gasteiger partial charge in [0.25, 0.3) is 0 Å². The summed E-state index contributed by atoms with van der Waals surface area (Å²) >= 11 is 0. The van der Waals surface area contributed by atoms with Gasteiger partial charge in [0, 0.05) is 34.4 Å². The van der Waals surface area contributed by atoms with Crippen LogP contribution in [0.3, 0.4) is 0 Å². The molecule has 0 amide bonds. The van der Waals surface area contributed by atoms with Crippen LogP contribution in [0.2, 0.25) is 0 Å². The van der Waals surface area contributed by atoms with Gasteiger partial charge in [-0.3, -0.25) is 9.80 Å². The van der Waals surface area contributed by atoms with E-state index in [4.69, 9.17) is 0 Å². The van der Waals surface area contributed by atoms with Crippen LogP contribution < -0.4 is 30.2 Å². The van der Waals surface area contributed by atoms with Crippen LogP contribution in [-0.4, -0.2) is 0 Å². The number of para-hydroxylation sites is 4. The van der Waals surface area contributed by atoms with E-state index in [0.29, 0.717) is 0 Å². The summed E-state index contributed by atoms with van der Waals surface area (Å²) in [4.78, 5) is 9.87. The minimum Gasteiger partial charge on any atom is -0.343 e. The second kappa shape index (κ2) is 12.5. The first-order valence-corrected chi connectivity index (χ1v) is 20.9. The molecular formula is C54H44N6. The van der Waals surface area contributed by atoms with Crippen LogP contribution in [-0.2, 0) is 10.8 Å². The lowest BCUT2D eigenvalue weighted by Crippen LogP contribution is -2.37. The van der Waals surface area contributed by atoms with Crippen LogP contribution in [0.1, 0.15) is 61.1 Å². The van der Waals surface area contributed by atoms with Gasteiger partial charge < -0.3 is 20.4 Å². The molecule has 6 heteroatoms. The zero-order chi connectivity index (χ0) is 40.3. The Morgan fingerprint density at radius 2 is 0.600 bits per heavy atom. The van der Waals surface area contributed by atoms with Crippen molar-refractivity contribution < 1.29 is 0 Å². The van der Waals surface area contributed by atoms with Gasteiger partial charge in [0.05, 0.1) is 56.9 Å². The highest BCUT2D eigenvalue weighted by Gasteiger charge is 2.45. The molecule has 0 atom stereocenters. The van der Waals surface area contributed by atoms with Gasteiger partial charge >= 0.3 is 0 Å². The summed E-state index contributed by atoms with van der Waals surface area (Å²) in [5.74, 6) is 1.97. The first kappa shape index (κ1) is 34.6. The van der Waals surface area contributed by atoms with Gasteiger partial charge in [0.15, 0.2) is 11.6 Å². The van der Waals surface area contributed by atoms with Crippen molar-refractivity contribution in [2.45, 2.75) is 38.5 Å². The van der Waals surface area contributed by atoms with Crippen molar-refractivity contribution in [3.05, 3.63) is 227 Å². The third kappa shape index (κ3) is 4.70. The number of anilines is 8. The van der Waals surface area contributed by atoms with Gasteiger partial charge in [-0.25, -0.2) is 0 Å². The van der Waals surface area contributed by atoms with E-state index in [0.717, 1.165) is 56.9 Å². The Morgan fingerprint density at radius 1 is 0.317 bits per heavy atom. The number of benzene rings is 7. The Labute approximate surface area is 351 Å². The third-order valence-electron chi connectivity index (χ3n) is 13.3. The summed E-state index contributed by atoms with van der Waals surface area (Å²) < 4.78 is 0. The monoisotopic (exact) mass is 776 g/mol. The highest BCUT2D eigenvalue weighted by Crippen LogP contribution is 2.61. The molecule has 6 nitrogen and oxygen atoms in total. The number of nitrogens with zero attached hydrogens (tertiary/aromatic N) is 4. The summed E-state index contributed by atoms with van der Waals surface area (Å²) in [5, 5.41) is 7.46. The van der Waals surface area contributed by atoms with Gasteiger partial charge in [-0.2, -0.15) is 0 Å². The lowest BCUT2D eigenvalue weighted by molar-refractivity contribution is 0.630. The van der Waals surface area contributed by atoms with Crippen molar-refractivity contribution >= 4 is 56.9 Å². The summed E-state index contributed by atoms with van der Waals surface area (Å²) in [6.07, 6.45) is 4.29. The van der Waals surface area contributed by atoms with E-state index in [9.17, 15) is 0 Å². The van der Waals surface area contributed by atoms with E-state index in [-0.39, 0.29) is 10.8 Å². The molecule has 7 aromatic rings. The molecule has 5 heterocycles. The number of rotatable bonds is 4. The molecule has 5 aliphatic heterocycles. The van der Waals surface area contributed by atoms with E-state index in [2.05, 4.69) is 240 Å². The largest absolute Gasteiger partial charge is 0.343 e. The van der Waals surface area contributed by atoms with Crippen molar-refractivity contribution in [3.8, 4) is 0 Å². The molecule has 5 aliphatic rings. The van der Waals surface area contributed by atoms with Crippen LogP contribution >= 0.6 is 0 Å². The maximum absolute atomic E-state index is 3.73. The highest BCUT2D eigenvalue weighted by molar-refractivity contribution is 6.06. The average molecular weight is 777 g/mol. The fraction of sp³-hybridized carbons (Fsp3) is 0.111. The molecule has 0 saturated heterocycles. The molecule has 2 N–H and O–H groups in total. The molecule has 0 unspecified atom stereocenters. The van der Waals surface area contributed by atoms with Crippen LogP contribution in [0.25, 0.3) is 11.4 Å². The van der Waals surface area contributed by atoms with Gasteiger partial charge in [-0.05, 0) is 58.7 Å². The number of hydrogen-bond acceptors (Lipinski definition) is 6. The van der Waals surface area contributed by atoms with E-state index >= 15 is 0 Å². The lowest BCUT2D eigenvalue weighted by Gasteiger charge is -2.46. The van der Waals surface area contributed by atoms with E-state index in [1.165, 1.54) is 45.0 Å². The van der Waals surface area contributed by atoms with Crippen LogP contribution in [0, 0.1) is 0 Å². The van der Waals surface area contributed by atoms with Crippen LogP contribution in [0.15, 0.2) is 194 Å². The van der Waals surface area contributed by atoms with Crippen molar-refractivity contribution in [1.82, 2.24) is 10.6 Å². The molecule has 60 heavy (non-hydrogen) atoms. The topological polar surface area (TPSA) is 37.0 Å². The van der Waals surface area contributed by atoms with E-state index < -0.39 is 0 Å². The number of nitrogens with one attached hydrogen (secondary N) is 2. The second-order valence-electron chi connectivity index (χ2n) is 17.3. The van der Waals surface area contributed by atoms with Gasteiger partial charge in [-0.1, -0.05) is 161 Å². The number of fused-ring (bicyclic) bond motifs is 9. The van der Waals surface area contributed by atoms with Crippen molar-refractivity contribution in [2.75, 3.05) is 19.6 Å². The van der Waals surface area contributed by atoms with Gasteiger partial charge in [-0.15, -0.1) is 0 Å². The minimum atomic E-state index is -0.212. The van der Waals surface area contributed by atoms with E-state index in [1.54, 1.807) is 0 Å². The van der Waals surface area contributed by atoms with Crippen molar-refractivity contribution in [2.24, 2.45) is 0 Å². The Kier molecular flexibility index (Phi) is 7.22. The predicted molar refractivity (Wildman–Crippen MR) is 247 cm³/mol. The maximum atomic E-state index is 3.73. The Balaban J connectivity index is 1.21. The minimum absolute atomic E-state index is 0.212.